The minimum Gasteiger partial charge on any atom is -0.357 e. The summed E-state index contributed by atoms with van der Waals surface area (Å²) in [6.45, 7) is 12.2. The highest BCUT2D eigenvalue weighted by molar-refractivity contribution is 5.80. The molecule has 2 N–H and O–H groups in total. The Morgan fingerprint density at radius 1 is 1.28 bits per heavy atom. The largest absolute Gasteiger partial charge is 0.357 e. The van der Waals surface area contributed by atoms with Gasteiger partial charge >= 0.3 is 0 Å². The molecule has 0 aliphatic carbocycles. The van der Waals surface area contributed by atoms with Crippen LogP contribution >= 0.6 is 0 Å². The minimum atomic E-state index is 0.417. The summed E-state index contributed by atoms with van der Waals surface area (Å²) in [6, 6.07) is 11.2. The summed E-state index contributed by atoms with van der Waals surface area (Å²) in [7, 11) is 0. The molecule has 1 unspecified atom stereocenters. The second-order valence-electron chi connectivity index (χ2n) is 8.29. The van der Waals surface area contributed by atoms with Crippen LogP contribution in [0.2, 0.25) is 0 Å². The average molecular weight is 397 g/mol. The van der Waals surface area contributed by atoms with Crippen molar-refractivity contribution in [3.63, 3.8) is 0 Å². The van der Waals surface area contributed by atoms with Gasteiger partial charge in [0.25, 0.3) is 0 Å². The van der Waals surface area contributed by atoms with Gasteiger partial charge in [-0.1, -0.05) is 44.2 Å². The maximum Gasteiger partial charge on any atom is 0.191 e. The fourth-order valence-corrected chi connectivity index (χ4v) is 3.87. The van der Waals surface area contributed by atoms with Gasteiger partial charge in [-0.25, -0.2) is 9.98 Å². The minimum absolute atomic E-state index is 0.417. The second-order valence-corrected chi connectivity index (χ2v) is 8.29. The van der Waals surface area contributed by atoms with Crippen molar-refractivity contribution in [2.24, 2.45) is 10.9 Å². The number of hydrogen-bond acceptors (Lipinski definition) is 3. The van der Waals surface area contributed by atoms with Crippen LogP contribution in [0.4, 0.5) is 0 Å². The van der Waals surface area contributed by atoms with Gasteiger partial charge in [0.05, 0.1) is 0 Å². The summed E-state index contributed by atoms with van der Waals surface area (Å²) in [5, 5.41) is 7.06. The molecule has 1 aromatic heterocycles. The van der Waals surface area contributed by atoms with E-state index in [0.29, 0.717) is 18.5 Å². The van der Waals surface area contributed by atoms with Crippen LogP contribution in [0.1, 0.15) is 45.0 Å². The number of nitrogens with zero attached hydrogens (tertiary/aromatic N) is 4. The summed E-state index contributed by atoms with van der Waals surface area (Å²) in [5.74, 6) is 2.50. The molecule has 2 heterocycles. The van der Waals surface area contributed by atoms with Crippen LogP contribution in [0.15, 0.2) is 47.7 Å². The number of imidazole rings is 1. The molecule has 2 aromatic rings. The number of rotatable bonds is 8. The van der Waals surface area contributed by atoms with E-state index in [-0.39, 0.29) is 0 Å². The molecule has 1 saturated heterocycles. The van der Waals surface area contributed by atoms with Crippen molar-refractivity contribution < 1.29 is 0 Å². The third-order valence-electron chi connectivity index (χ3n) is 5.18. The lowest BCUT2D eigenvalue weighted by atomic mass is 10.0. The van der Waals surface area contributed by atoms with Crippen LogP contribution in [0.25, 0.3) is 0 Å². The van der Waals surface area contributed by atoms with Crippen LogP contribution in [0, 0.1) is 5.92 Å². The number of piperidine rings is 1. The van der Waals surface area contributed by atoms with Crippen molar-refractivity contribution in [3.05, 3.63) is 54.1 Å². The highest BCUT2D eigenvalue weighted by Gasteiger charge is 2.20. The predicted octanol–water partition coefficient (Wildman–Crippen LogP) is 3.26. The molecule has 1 aliphatic heterocycles. The Balaban J connectivity index is 1.58. The van der Waals surface area contributed by atoms with Gasteiger partial charge in [0.1, 0.15) is 12.4 Å². The first-order valence-electron chi connectivity index (χ1n) is 10.9. The molecule has 1 aromatic carbocycles. The van der Waals surface area contributed by atoms with E-state index in [1.54, 1.807) is 0 Å². The van der Waals surface area contributed by atoms with Crippen LogP contribution in [0.3, 0.4) is 0 Å². The summed E-state index contributed by atoms with van der Waals surface area (Å²) in [5.41, 5.74) is 1.38. The highest BCUT2D eigenvalue weighted by atomic mass is 15.2. The van der Waals surface area contributed by atoms with Crippen LogP contribution < -0.4 is 10.6 Å². The van der Waals surface area contributed by atoms with Gasteiger partial charge in [0.15, 0.2) is 5.96 Å². The Morgan fingerprint density at radius 3 is 2.86 bits per heavy atom. The fraction of sp³-hybridized carbons (Fsp3) is 0.565. The first-order valence-corrected chi connectivity index (χ1v) is 10.9. The Morgan fingerprint density at radius 2 is 2.10 bits per heavy atom. The first kappa shape index (κ1) is 21.4. The zero-order chi connectivity index (χ0) is 20.5. The third-order valence-corrected chi connectivity index (χ3v) is 5.18. The van der Waals surface area contributed by atoms with Gasteiger partial charge in [-0.2, -0.15) is 0 Å². The zero-order valence-electron chi connectivity index (χ0n) is 18.1. The number of likely N-dealkylation sites (tertiary alicyclic amines) is 1. The lowest BCUT2D eigenvalue weighted by molar-refractivity contribution is 0.192. The van der Waals surface area contributed by atoms with Crippen LogP contribution in [0.5, 0.6) is 0 Å². The van der Waals surface area contributed by atoms with Crippen molar-refractivity contribution >= 4 is 5.96 Å². The molecule has 3 rings (SSSR count). The molecule has 1 atom stereocenters. The maximum atomic E-state index is 4.82. The SMILES string of the molecule is CCNC(=NCc1nccn1CC(C)C)NC1CCCN(Cc2ccccc2)C1. The Hall–Kier alpha value is -2.34. The van der Waals surface area contributed by atoms with E-state index in [4.69, 9.17) is 4.99 Å². The predicted molar refractivity (Wildman–Crippen MR) is 120 cm³/mol. The molecule has 0 spiro atoms. The van der Waals surface area contributed by atoms with Gasteiger partial charge in [-0.05, 0) is 37.8 Å². The fourth-order valence-electron chi connectivity index (χ4n) is 3.87. The van der Waals surface area contributed by atoms with Gasteiger partial charge in [0, 0.05) is 44.6 Å². The summed E-state index contributed by atoms with van der Waals surface area (Å²) in [6.07, 6.45) is 6.31. The first-order chi connectivity index (χ1) is 14.1. The highest BCUT2D eigenvalue weighted by Crippen LogP contribution is 2.14. The Bertz CT molecular complexity index is 752. The van der Waals surface area contributed by atoms with E-state index in [0.717, 1.165) is 44.5 Å². The number of benzene rings is 1. The molecular weight excluding hydrogens is 360 g/mol. The number of hydrogen-bond donors (Lipinski definition) is 2. The number of aliphatic imine (C=N–C) groups is 1. The third kappa shape index (κ3) is 6.89. The molecule has 0 radical (unpaired) electrons. The van der Waals surface area contributed by atoms with Crippen molar-refractivity contribution in [1.29, 1.82) is 0 Å². The van der Waals surface area contributed by atoms with Crippen molar-refractivity contribution in [3.8, 4) is 0 Å². The lowest BCUT2D eigenvalue weighted by Gasteiger charge is -2.34. The number of guanidine groups is 1. The molecule has 0 saturated carbocycles. The van der Waals surface area contributed by atoms with E-state index in [2.05, 4.69) is 76.2 Å². The number of nitrogens with one attached hydrogen (secondary N) is 2. The van der Waals surface area contributed by atoms with Crippen molar-refractivity contribution in [2.45, 2.75) is 59.3 Å². The molecule has 6 heteroatoms. The summed E-state index contributed by atoms with van der Waals surface area (Å²) >= 11 is 0. The van der Waals surface area contributed by atoms with Crippen LogP contribution in [-0.2, 0) is 19.6 Å². The Kier molecular flexibility index (Phi) is 8.11. The van der Waals surface area contributed by atoms with Gasteiger partial charge < -0.3 is 15.2 Å². The monoisotopic (exact) mass is 396 g/mol. The molecule has 0 bridgehead atoms. The van der Waals surface area contributed by atoms with Gasteiger partial charge in [-0.15, -0.1) is 0 Å². The normalized spacial score (nSPS) is 18.2. The Labute approximate surface area is 175 Å². The summed E-state index contributed by atoms with van der Waals surface area (Å²) in [4.78, 5) is 11.9. The molecule has 0 amide bonds. The summed E-state index contributed by atoms with van der Waals surface area (Å²) < 4.78 is 2.21. The molecule has 1 fully saturated rings. The van der Waals surface area contributed by atoms with Crippen LogP contribution in [-0.4, -0.2) is 46.1 Å². The standard InChI is InChI=1S/C23H36N6/c1-4-24-23(26-15-22-25-12-14-29(22)16-19(2)3)27-21-11-8-13-28(18-21)17-20-9-6-5-7-10-20/h5-7,9-10,12,14,19,21H,4,8,11,13,15-18H2,1-3H3,(H2,24,26,27). The molecule has 158 valence electrons. The van der Waals surface area contributed by atoms with E-state index in [9.17, 15) is 0 Å². The lowest BCUT2D eigenvalue weighted by Crippen LogP contribution is -2.51. The molecular formula is C23H36N6. The van der Waals surface area contributed by atoms with Gasteiger partial charge in [0.2, 0.25) is 0 Å². The zero-order valence-corrected chi connectivity index (χ0v) is 18.1. The second kappa shape index (κ2) is 11.0. The smallest absolute Gasteiger partial charge is 0.191 e. The van der Waals surface area contributed by atoms with Gasteiger partial charge in [-0.3, -0.25) is 4.90 Å². The maximum absolute atomic E-state index is 4.82. The number of aromatic nitrogens is 2. The van der Waals surface area contributed by atoms with E-state index >= 15 is 0 Å². The topological polar surface area (TPSA) is 57.5 Å². The van der Waals surface area contributed by atoms with E-state index < -0.39 is 0 Å². The molecule has 1 aliphatic rings. The van der Waals surface area contributed by atoms with E-state index in [1.807, 2.05) is 12.4 Å². The van der Waals surface area contributed by atoms with E-state index in [1.165, 1.54) is 18.4 Å². The van der Waals surface area contributed by atoms with Crippen molar-refractivity contribution in [1.82, 2.24) is 25.1 Å². The van der Waals surface area contributed by atoms with Crippen molar-refractivity contribution in [2.75, 3.05) is 19.6 Å². The molecule has 6 nitrogen and oxygen atoms in total. The average Bonchev–Trinajstić information content (AvgIpc) is 3.14. The quantitative estimate of drug-likeness (QED) is 0.531. The molecule has 29 heavy (non-hydrogen) atoms.